The average molecular weight is 382 g/mol. The molecular formula is C26H39NO. The van der Waals surface area contributed by atoms with E-state index in [0.29, 0.717) is 6.61 Å². The fourth-order valence-electron chi connectivity index (χ4n) is 4.28. The number of ether oxygens (including phenoxy) is 1. The third-order valence-electron chi connectivity index (χ3n) is 5.81. The second-order valence-electron chi connectivity index (χ2n) is 7.53. The van der Waals surface area contributed by atoms with E-state index in [-0.39, 0.29) is 0 Å². The van der Waals surface area contributed by atoms with Gasteiger partial charge in [0.25, 0.3) is 0 Å². The summed E-state index contributed by atoms with van der Waals surface area (Å²) < 4.78 is 6.04. The van der Waals surface area contributed by atoms with Gasteiger partial charge in [-0.15, -0.1) is 0 Å². The second kappa shape index (κ2) is 12.6. The minimum Gasteiger partial charge on any atom is -0.489 e. The number of hydrogen-bond donors (Lipinski definition) is 1. The molecule has 1 N–H and O–H groups in total. The van der Waals surface area contributed by atoms with Crippen LogP contribution in [0.4, 0.5) is 0 Å². The molecule has 0 saturated heterocycles. The van der Waals surface area contributed by atoms with Crippen molar-refractivity contribution in [1.29, 1.82) is 0 Å². The number of benzene rings is 2. The van der Waals surface area contributed by atoms with Gasteiger partial charge in [-0.2, -0.15) is 0 Å². The molecule has 1 saturated carbocycles. The van der Waals surface area contributed by atoms with Gasteiger partial charge >= 0.3 is 0 Å². The normalized spacial score (nSPS) is 19.7. The molecule has 2 aliphatic carbocycles. The summed E-state index contributed by atoms with van der Waals surface area (Å²) in [6.07, 6.45) is 8.28. The number of rotatable bonds is 4. The largest absolute Gasteiger partial charge is 0.489 e. The third kappa shape index (κ3) is 6.38. The van der Waals surface area contributed by atoms with Crippen molar-refractivity contribution < 1.29 is 4.74 Å². The topological polar surface area (TPSA) is 21.3 Å². The Kier molecular flexibility index (Phi) is 10.1. The highest BCUT2D eigenvalue weighted by Gasteiger charge is 2.31. The van der Waals surface area contributed by atoms with Gasteiger partial charge in [-0.25, -0.2) is 0 Å². The Balaban J connectivity index is 0.000000419. The molecule has 1 fully saturated rings. The molecular weight excluding hydrogens is 342 g/mol. The lowest BCUT2D eigenvalue weighted by molar-refractivity contribution is 0.272. The zero-order valence-corrected chi connectivity index (χ0v) is 18.3. The van der Waals surface area contributed by atoms with Crippen molar-refractivity contribution in [2.75, 3.05) is 13.6 Å². The Morgan fingerprint density at radius 2 is 1.68 bits per heavy atom. The molecule has 0 amide bonds. The van der Waals surface area contributed by atoms with E-state index in [2.05, 4.69) is 54.7 Å². The lowest BCUT2D eigenvalue weighted by atomic mass is 9.68. The van der Waals surface area contributed by atoms with Crippen molar-refractivity contribution in [1.82, 2.24) is 5.32 Å². The van der Waals surface area contributed by atoms with E-state index in [9.17, 15) is 0 Å². The molecule has 2 aliphatic rings. The highest BCUT2D eigenvalue weighted by Crippen LogP contribution is 2.45. The molecule has 0 bridgehead atoms. The first-order chi connectivity index (χ1) is 13.8. The van der Waals surface area contributed by atoms with Crippen LogP contribution in [0.5, 0.6) is 5.75 Å². The molecule has 2 nitrogen and oxygen atoms in total. The first kappa shape index (κ1) is 22.5. The summed E-state index contributed by atoms with van der Waals surface area (Å²) in [6, 6.07) is 17.2. The van der Waals surface area contributed by atoms with E-state index >= 15 is 0 Å². The molecule has 0 aromatic heterocycles. The van der Waals surface area contributed by atoms with Crippen molar-refractivity contribution in [2.45, 2.75) is 71.8 Å². The van der Waals surface area contributed by atoms with Gasteiger partial charge < -0.3 is 10.1 Å². The first-order valence-electron chi connectivity index (χ1n) is 11.3. The van der Waals surface area contributed by atoms with Crippen LogP contribution in [-0.4, -0.2) is 13.6 Å². The van der Waals surface area contributed by atoms with Gasteiger partial charge in [0.15, 0.2) is 0 Å². The van der Waals surface area contributed by atoms with E-state index in [1.807, 2.05) is 27.0 Å². The fourth-order valence-corrected chi connectivity index (χ4v) is 4.28. The Labute approximate surface area is 172 Å². The van der Waals surface area contributed by atoms with Crippen molar-refractivity contribution in [3.8, 4) is 5.75 Å². The molecule has 0 heterocycles. The Morgan fingerprint density at radius 3 is 2.39 bits per heavy atom. The van der Waals surface area contributed by atoms with Crippen molar-refractivity contribution >= 4 is 0 Å². The summed E-state index contributed by atoms with van der Waals surface area (Å²) in [7, 11) is 1.93. The quantitative estimate of drug-likeness (QED) is 0.633. The van der Waals surface area contributed by atoms with Crippen LogP contribution in [0, 0.1) is 5.92 Å². The van der Waals surface area contributed by atoms with Crippen LogP contribution < -0.4 is 10.1 Å². The van der Waals surface area contributed by atoms with Gasteiger partial charge in [-0.3, -0.25) is 0 Å². The summed E-state index contributed by atoms with van der Waals surface area (Å²) in [5.74, 6) is 2.75. The van der Waals surface area contributed by atoms with Crippen molar-refractivity contribution in [2.24, 2.45) is 5.92 Å². The van der Waals surface area contributed by atoms with Crippen LogP contribution in [0.25, 0.3) is 0 Å². The maximum absolute atomic E-state index is 6.04. The van der Waals surface area contributed by atoms with Crippen molar-refractivity contribution in [3.05, 3.63) is 65.2 Å². The average Bonchev–Trinajstić information content (AvgIpc) is 2.79. The van der Waals surface area contributed by atoms with E-state index in [1.165, 1.54) is 44.1 Å². The molecule has 4 rings (SSSR count). The molecule has 2 aromatic rings. The van der Waals surface area contributed by atoms with Crippen LogP contribution in [0.1, 0.15) is 75.5 Å². The first-order valence-corrected chi connectivity index (χ1v) is 11.3. The molecule has 0 radical (unpaired) electrons. The summed E-state index contributed by atoms with van der Waals surface area (Å²) in [4.78, 5) is 0. The zero-order valence-electron chi connectivity index (χ0n) is 18.3. The Morgan fingerprint density at radius 1 is 0.964 bits per heavy atom. The highest BCUT2D eigenvalue weighted by atomic mass is 16.5. The lowest BCUT2D eigenvalue weighted by Gasteiger charge is -2.37. The number of nitrogens with one attached hydrogen (secondary N) is 1. The Bertz CT molecular complexity index is 665. The van der Waals surface area contributed by atoms with Crippen LogP contribution in [0.3, 0.4) is 0 Å². The molecule has 154 valence electrons. The lowest BCUT2D eigenvalue weighted by Crippen LogP contribution is -2.23. The van der Waals surface area contributed by atoms with Crippen LogP contribution >= 0.6 is 0 Å². The van der Waals surface area contributed by atoms with Crippen LogP contribution in [0.15, 0.2) is 48.5 Å². The third-order valence-corrected chi connectivity index (χ3v) is 5.81. The summed E-state index contributed by atoms with van der Waals surface area (Å²) in [5, 5.41) is 2.93. The maximum Gasteiger partial charge on any atom is 0.120 e. The maximum atomic E-state index is 6.04. The second-order valence-corrected chi connectivity index (χ2v) is 7.53. The standard InChI is InChI=1S/C21H24O.C3H9N.C2H6/c1-2-6-16(7-3-1)15-22-19-13-12-18-11-10-17-8-4-5-9-20(17)21(18)14-19;1-3-4-2;1-2/h1-3,6-7,12-14,17,20H,4-5,8-11,15H2;4H,3H2,1-2H3;1-2H3. The van der Waals surface area contributed by atoms with E-state index < -0.39 is 0 Å². The van der Waals surface area contributed by atoms with Gasteiger partial charge in [0.05, 0.1) is 0 Å². The van der Waals surface area contributed by atoms with Gasteiger partial charge in [-0.05, 0) is 79.9 Å². The molecule has 28 heavy (non-hydrogen) atoms. The highest BCUT2D eigenvalue weighted by molar-refractivity contribution is 5.40. The van der Waals surface area contributed by atoms with Gasteiger partial charge in [0, 0.05) is 0 Å². The summed E-state index contributed by atoms with van der Waals surface area (Å²) in [6.45, 7) is 7.80. The smallest absolute Gasteiger partial charge is 0.120 e. The molecule has 2 unspecified atom stereocenters. The zero-order chi connectivity index (χ0) is 20.2. The molecule has 2 atom stereocenters. The van der Waals surface area contributed by atoms with Gasteiger partial charge in [-0.1, -0.05) is 70.0 Å². The fraction of sp³-hybridized carbons (Fsp3) is 0.538. The van der Waals surface area contributed by atoms with Gasteiger partial charge in [0.2, 0.25) is 0 Å². The molecule has 0 spiro atoms. The number of hydrogen-bond acceptors (Lipinski definition) is 2. The van der Waals surface area contributed by atoms with Gasteiger partial charge in [0.1, 0.15) is 12.4 Å². The predicted molar refractivity (Wildman–Crippen MR) is 121 cm³/mol. The Hall–Kier alpha value is -1.80. The van der Waals surface area contributed by atoms with E-state index in [0.717, 1.165) is 24.1 Å². The van der Waals surface area contributed by atoms with E-state index in [1.54, 1.807) is 11.1 Å². The van der Waals surface area contributed by atoms with Crippen molar-refractivity contribution in [3.63, 3.8) is 0 Å². The minimum absolute atomic E-state index is 0.660. The van der Waals surface area contributed by atoms with Crippen LogP contribution in [0.2, 0.25) is 0 Å². The summed E-state index contributed by atoms with van der Waals surface area (Å²) >= 11 is 0. The number of aryl methyl sites for hydroxylation is 1. The predicted octanol–water partition coefficient (Wildman–Crippen LogP) is 6.74. The number of fused-ring (bicyclic) bond motifs is 3. The SMILES string of the molecule is CC.CCNC.c1ccc(COc2ccc3c(c2)C2CCCCC2CC3)cc1. The molecule has 0 aliphatic heterocycles. The van der Waals surface area contributed by atoms with Crippen LogP contribution in [-0.2, 0) is 13.0 Å². The monoisotopic (exact) mass is 381 g/mol. The summed E-state index contributed by atoms with van der Waals surface area (Å²) in [5.41, 5.74) is 4.38. The van der Waals surface area contributed by atoms with E-state index in [4.69, 9.17) is 4.74 Å². The minimum atomic E-state index is 0.660. The molecule has 2 heteroatoms. The molecule has 2 aromatic carbocycles.